The molecule has 5 nitrogen and oxygen atoms in total. The van der Waals surface area contributed by atoms with E-state index >= 15 is 0 Å². The quantitative estimate of drug-likeness (QED) is 0.651. The van der Waals surface area contributed by atoms with Crippen LogP contribution in [0.1, 0.15) is 26.0 Å². The van der Waals surface area contributed by atoms with Crippen LogP contribution in [0.4, 0.5) is 0 Å². The zero-order chi connectivity index (χ0) is 14.1. The van der Waals surface area contributed by atoms with Crippen molar-refractivity contribution in [1.82, 2.24) is 19.8 Å². The summed E-state index contributed by atoms with van der Waals surface area (Å²) in [6.07, 6.45) is 5.03. The molecule has 0 spiro atoms. The van der Waals surface area contributed by atoms with Gasteiger partial charge in [-0.1, -0.05) is 6.92 Å². The van der Waals surface area contributed by atoms with E-state index in [-0.39, 0.29) is 0 Å². The molecule has 0 radical (unpaired) electrons. The Bertz CT molecular complexity index is 340. The average Bonchev–Trinajstić information content (AvgIpc) is 2.87. The molecule has 1 heterocycles. The SMILES string of the molecule is CCC(C)N(C)CCn1cncc1CNCCOC. The first-order chi connectivity index (χ1) is 9.19. The minimum absolute atomic E-state index is 0.631. The van der Waals surface area contributed by atoms with E-state index in [1.165, 1.54) is 12.1 Å². The monoisotopic (exact) mass is 268 g/mol. The van der Waals surface area contributed by atoms with Gasteiger partial charge in [-0.2, -0.15) is 0 Å². The highest BCUT2D eigenvalue weighted by Crippen LogP contribution is 2.03. The normalized spacial score (nSPS) is 13.1. The second kappa shape index (κ2) is 9.07. The van der Waals surface area contributed by atoms with E-state index < -0.39 is 0 Å². The Labute approximate surface area is 117 Å². The average molecular weight is 268 g/mol. The molecule has 0 aliphatic rings. The molecule has 0 saturated heterocycles. The van der Waals surface area contributed by atoms with Crippen LogP contribution in [-0.4, -0.2) is 54.3 Å². The Hall–Kier alpha value is -0.910. The summed E-state index contributed by atoms with van der Waals surface area (Å²) in [5.41, 5.74) is 1.23. The highest BCUT2D eigenvalue weighted by Gasteiger charge is 2.07. The first-order valence-electron chi connectivity index (χ1n) is 7.08. The lowest BCUT2D eigenvalue weighted by atomic mass is 10.2. The summed E-state index contributed by atoms with van der Waals surface area (Å²) < 4.78 is 7.24. The zero-order valence-corrected chi connectivity index (χ0v) is 12.7. The van der Waals surface area contributed by atoms with E-state index in [1.54, 1.807) is 7.11 Å². The van der Waals surface area contributed by atoms with Crippen LogP contribution in [0, 0.1) is 0 Å². The fourth-order valence-corrected chi connectivity index (χ4v) is 1.88. The molecule has 1 N–H and O–H groups in total. The molecule has 5 heteroatoms. The molecule has 1 aromatic heterocycles. The molecule has 1 aromatic rings. The predicted octanol–water partition coefficient (Wildman–Crippen LogP) is 1.35. The summed E-state index contributed by atoms with van der Waals surface area (Å²) in [6, 6.07) is 0.631. The van der Waals surface area contributed by atoms with E-state index in [1.807, 2.05) is 12.5 Å². The molecule has 1 atom stereocenters. The number of nitrogens with one attached hydrogen (secondary N) is 1. The number of nitrogens with zero attached hydrogens (tertiary/aromatic N) is 3. The predicted molar refractivity (Wildman–Crippen MR) is 78.2 cm³/mol. The molecule has 1 unspecified atom stereocenters. The lowest BCUT2D eigenvalue weighted by molar-refractivity contribution is 0.198. The molecule has 1 rings (SSSR count). The van der Waals surface area contributed by atoms with Crippen molar-refractivity contribution in [3.05, 3.63) is 18.2 Å². The van der Waals surface area contributed by atoms with Gasteiger partial charge in [0.05, 0.1) is 18.6 Å². The van der Waals surface area contributed by atoms with E-state index in [9.17, 15) is 0 Å². The third-order valence-corrected chi connectivity index (χ3v) is 3.62. The van der Waals surface area contributed by atoms with Crippen LogP contribution >= 0.6 is 0 Å². The minimum atomic E-state index is 0.631. The van der Waals surface area contributed by atoms with Crippen molar-refractivity contribution in [2.45, 2.75) is 39.4 Å². The van der Waals surface area contributed by atoms with E-state index in [4.69, 9.17) is 4.74 Å². The Kier molecular flexibility index (Phi) is 7.70. The minimum Gasteiger partial charge on any atom is -0.383 e. The molecule has 0 aromatic carbocycles. The van der Waals surface area contributed by atoms with Gasteiger partial charge < -0.3 is 19.5 Å². The van der Waals surface area contributed by atoms with Crippen LogP contribution in [0.2, 0.25) is 0 Å². The van der Waals surface area contributed by atoms with Crippen molar-refractivity contribution in [1.29, 1.82) is 0 Å². The van der Waals surface area contributed by atoms with E-state index in [0.29, 0.717) is 6.04 Å². The van der Waals surface area contributed by atoms with Gasteiger partial charge in [-0.05, 0) is 20.4 Å². The summed E-state index contributed by atoms with van der Waals surface area (Å²) >= 11 is 0. The number of hydrogen-bond acceptors (Lipinski definition) is 4. The number of aromatic nitrogens is 2. The number of rotatable bonds is 10. The van der Waals surface area contributed by atoms with Crippen molar-refractivity contribution in [3.63, 3.8) is 0 Å². The lowest BCUT2D eigenvalue weighted by Crippen LogP contribution is -2.32. The molecular formula is C14H28N4O. The van der Waals surface area contributed by atoms with Gasteiger partial charge in [0.25, 0.3) is 0 Å². The Balaban J connectivity index is 2.35. The third kappa shape index (κ3) is 5.72. The maximum atomic E-state index is 5.02. The Morgan fingerprint density at radius 1 is 1.53 bits per heavy atom. The Morgan fingerprint density at radius 3 is 3.00 bits per heavy atom. The molecule has 19 heavy (non-hydrogen) atoms. The molecule has 0 saturated carbocycles. The fourth-order valence-electron chi connectivity index (χ4n) is 1.88. The zero-order valence-electron chi connectivity index (χ0n) is 12.7. The second-order valence-corrected chi connectivity index (χ2v) is 4.99. The van der Waals surface area contributed by atoms with Crippen LogP contribution in [0.15, 0.2) is 12.5 Å². The summed E-state index contributed by atoms with van der Waals surface area (Å²) in [7, 11) is 3.90. The van der Waals surface area contributed by atoms with Crippen LogP contribution in [0.5, 0.6) is 0 Å². The number of likely N-dealkylation sites (N-methyl/N-ethyl adjacent to an activating group) is 1. The summed E-state index contributed by atoms with van der Waals surface area (Å²) in [5.74, 6) is 0. The van der Waals surface area contributed by atoms with Gasteiger partial charge in [-0.3, -0.25) is 0 Å². The van der Waals surface area contributed by atoms with Crippen LogP contribution in [0.25, 0.3) is 0 Å². The number of methoxy groups -OCH3 is 1. The van der Waals surface area contributed by atoms with Crippen molar-refractivity contribution in [2.75, 3.05) is 33.9 Å². The van der Waals surface area contributed by atoms with Gasteiger partial charge in [0.15, 0.2) is 0 Å². The van der Waals surface area contributed by atoms with E-state index in [2.05, 4.69) is 40.7 Å². The molecule has 0 aliphatic heterocycles. The van der Waals surface area contributed by atoms with Crippen molar-refractivity contribution in [3.8, 4) is 0 Å². The van der Waals surface area contributed by atoms with Crippen molar-refractivity contribution < 1.29 is 4.74 Å². The van der Waals surface area contributed by atoms with Gasteiger partial charge in [0, 0.05) is 45.5 Å². The highest BCUT2D eigenvalue weighted by atomic mass is 16.5. The van der Waals surface area contributed by atoms with Crippen LogP contribution < -0.4 is 5.32 Å². The maximum absolute atomic E-state index is 5.02. The van der Waals surface area contributed by atoms with Gasteiger partial charge >= 0.3 is 0 Å². The van der Waals surface area contributed by atoms with Gasteiger partial charge in [-0.15, -0.1) is 0 Å². The largest absolute Gasteiger partial charge is 0.383 e. The van der Waals surface area contributed by atoms with Gasteiger partial charge in [0.1, 0.15) is 0 Å². The molecule has 0 bridgehead atoms. The van der Waals surface area contributed by atoms with Crippen LogP contribution in [-0.2, 0) is 17.8 Å². The molecule has 0 amide bonds. The summed E-state index contributed by atoms with van der Waals surface area (Å²) in [4.78, 5) is 6.63. The highest BCUT2D eigenvalue weighted by molar-refractivity contribution is 4.98. The van der Waals surface area contributed by atoms with Crippen LogP contribution in [0.3, 0.4) is 0 Å². The maximum Gasteiger partial charge on any atom is 0.0949 e. The third-order valence-electron chi connectivity index (χ3n) is 3.62. The fraction of sp³-hybridized carbons (Fsp3) is 0.786. The number of ether oxygens (including phenoxy) is 1. The standard InChI is InChI=1S/C14H28N4O/c1-5-13(2)17(3)7-8-18-12-16-11-14(18)10-15-6-9-19-4/h11-13,15H,5-10H2,1-4H3. The second-order valence-electron chi connectivity index (χ2n) is 4.99. The van der Waals surface area contributed by atoms with E-state index in [0.717, 1.165) is 32.8 Å². The smallest absolute Gasteiger partial charge is 0.0949 e. The van der Waals surface area contributed by atoms with Gasteiger partial charge in [0.2, 0.25) is 0 Å². The Morgan fingerprint density at radius 2 is 2.32 bits per heavy atom. The van der Waals surface area contributed by atoms with Crippen molar-refractivity contribution in [2.24, 2.45) is 0 Å². The molecule has 0 aliphatic carbocycles. The molecule has 110 valence electrons. The summed E-state index contributed by atoms with van der Waals surface area (Å²) in [6.45, 7) is 8.99. The first kappa shape index (κ1) is 16.1. The van der Waals surface area contributed by atoms with Crippen molar-refractivity contribution >= 4 is 0 Å². The molecular weight excluding hydrogens is 240 g/mol. The molecule has 0 fully saturated rings. The first-order valence-corrected chi connectivity index (χ1v) is 7.08. The summed E-state index contributed by atoms with van der Waals surface area (Å²) in [5, 5.41) is 3.35. The number of imidazole rings is 1. The lowest BCUT2D eigenvalue weighted by Gasteiger charge is -2.23. The van der Waals surface area contributed by atoms with Gasteiger partial charge in [-0.25, -0.2) is 4.98 Å². The number of hydrogen-bond donors (Lipinski definition) is 1. The topological polar surface area (TPSA) is 42.3 Å².